The summed E-state index contributed by atoms with van der Waals surface area (Å²) in [6, 6.07) is 3.16. The third-order valence-electron chi connectivity index (χ3n) is 2.05. The van der Waals surface area contributed by atoms with Gasteiger partial charge in [-0.05, 0) is 12.1 Å². The van der Waals surface area contributed by atoms with Crippen LogP contribution in [0.4, 0.5) is 5.69 Å². The Kier molecular flexibility index (Phi) is 3.29. The number of nitrogens with zero attached hydrogens (tertiary/aromatic N) is 3. The molecule has 17 heavy (non-hydrogen) atoms. The molecular weight excluding hydrogens is 224 g/mol. The molecule has 0 aliphatic rings. The Balaban J connectivity index is 1.90. The molecule has 7 nitrogen and oxygen atoms in total. The van der Waals surface area contributed by atoms with E-state index in [1.807, 2.05) is 0 Å². The minimum absolute atomic E-state index is 0.00721. The second kappa shape index (κ2) is 5.06. The molecule has 0 saturated carbocycles. The average Bonchev–Trinajstić information content (AvgIpc) is 2.82. The van der Waals surface area contributed by atoms with Gasteiger partial charge in [0, 0.05) is 24.8 Å². The van der Waals surface area contributed by atoms with Gasteiger partial charge in [0.15, 0.2) is 6.33 Å². The Morgan fingerprint density at radius 2 is 2.35 bits per heavy atom. The summed E-state index contributed by atoms with van der Waals surface area (Å²) in [5.41, 5.74) is 0.699. The van der Waals surface area contributed by atoms with E-state index in [2.05, 4.69) is 20.4 Å². The topological polar surface area (TPSA) is 101 Å². The minimum atomic E-state index is -1.05. The lowest BCUT2D eigenvalue weighted by molar-refractivity contribution is 0.0690. The van der Waals surface area contributed by atoms with Crippen molar-refractivity contribution in [2.45, 2.75) is 6.42 Å². The molecule has 0 fully saturated rings. The third-order valence-corrected chi connectivity index (χ3v) is 2.05. The van der Waals surface area contributed by atoms with Gasteiger partial charge in [-0.2, -0.15) is 4.98 Å². The standard InChI is InChI=1S/C10H10N4O3/c15-10(16)8-5-7(1-3-12-8)11-4-2-9-13-6-14-17-9/h1,3,5-6H,2,4H2,(H,11,12)(H,15,16). The van der Waals surface area contributed by atoms with E-state index in [1.165, 1.54) is 18.6 Å². The summed E-state index contributed by atoms with van der Waals surface area (Å²) in [5.74, 6) is -0.518. The van der Waals surface area contributed by atoms with Crippen molar-refractivity contribution >= 4 is 11.7 Å². The number of carboxylic acids is 1. The number of anilines is 1. The van der Waals surface area contributed by atoms with Crippen LogP contribution in [0.25, 0.3) is 0 Å². The Hall–Kier alpha value is -2.44. The lowest BCUT2D eigenvalue weighted by atomic mass is 10.3. The maximum absolute atomic E-state index is 10.7. The van der Waals surface area contributed by atoms with Crippen molar-refractivity contribution in [2.24, 2.45) is 0 Å². The van der Waals surface area contributed by atoms with Crippen molar-refractivity contribution in [3.05, 3.63) is 36.2 Å². The van der Waals surface area contributed by atoms with Crippen molar-refractivity contribution in [3.8, 4) is 0 Å². The van der Waals surface area contributed by atoms with Gasteiger partial charge in [0.2, 0.25) is 5.89 Å². The van der Waals surface area contributed by atoms with Crippen LogP contribution in [-0.4, -0.2) is 32.7 Å². The Bertz CT molecular complexity index is 498. The molecule has 0 spiro atoms. The zero-order chi connectivity index (χ0) is 12.1. The highest BCUT2D eigenvalue weighted by Gasteiger charge is 2.05. The lowest BCUT2D eigenvalue weighted by Gasteiger charge is -2.04. The maximum Gasteiger partial charge on any atom is 0.354 e. The van der Waals surface area contributed by atoms with Crippen molar-refractivity contribution < 1.29 is 14.4 Å². The van der Waals surface area contributed by atoms with Gasteiger partial charge in [-0.25, -0.2) is 9.78 Å². The van der Waals surface area contributed by atoms with Gasteiger partial charge in [0.25, 0.3) is 0 Å². The summed E-state index contributed by atoms with van der Waals surface area (Å²) in [6.45, 7) is 0.575. The zero-order valence-corrected chi connectivity index (χ0v) is 8.83. The van der Waals surface area contributed by atoms with Crippen molar-refractivity contribution in [1.29, 1.82) is 0 Å². The van der Waals surface area contributed by atoms with Gasteiger partial charge in [0.1, 0.15) is 5.69 Å². The number of hydrogen-bond donors (Lipinski definition) is 2. The quantitative estimate of drug-likeness (QED) is 0.789. The average molecular weight is 234 g/mol. The molecule has 0 saturated heterocycles. The number of carbonyl (C=O) groups is 1. The van der Waals surface area contributed by atoms with Crippen LogP contribution in [0.3, 0.4) is 0 Å². The predicted molar refractivity (Wildman–Crippen MR) is 57.7 cm³/mol. The van der Waals surface area contributed by atoms with E-state index in [0.717, 1.165) is 0 Å². The van der Waals surface area contributed by atoms with E-state index in [-0.39, 0.29) is 5.69 Å². The van der Waals surface area contributed by atoms with Crippen LogP contribution in [0.5, 0.6) is 0 Å². The molecule has 0 aliphatic heterocycles. The summed E-state index contributed by atoms with van der Waals surface area (Å²) in [6.07, 6.45) is 3.35. The molecule has 2 aromatic heterocycles. The molecule has 2 aromatic rings. The molecule has 2 rings (SSSR count). The zero-order valence-electron chi connectivity index (χ0n) is 8.83. The molecular formula is C10H10N4O3. The van der Waals surface area contributed by atoms with E-state index < -0.39 is 5.97 Å². The first-order valence-electron chi connectivity index (χ1n) is 4.94. The summed E-state index contributed by atoms with van der Waals surface area (Å²) in [5, 5.41) is 15.3. The molecule has 0 bridgehead atoms. The second-order valence-electron chi connectivity index (χ2n) is 3.25. The van der Waals surface area contributed by atoms with Gasteiger partial charge in [-0.3, -0.25) is 0 Å². The van der Waals surface area contributed by atoms with Crippen LogP contribution >= 0.6 is 0 Å². The third kappa shape index (κ3) is 3.00. The lowest BCUT2D eigenvalue weighted by Crippen LogP contribution is -2.07. The van der Waals surface area contributed by atoms with Gasteiger partial charge >= 0.3 is 5.97 Å². The molecule has 2 heterocycles. The molecule has 7 heteroatoms. The number of hydrogen-bond acceptors (Lipinski definition) is 6. The first-order valence-corrected chi connectivity index (χ1v) is 4.94. The SMILES string of the molecule is O=C(O)c1cc(NCCc2ncno2)ccn1. The van der Waals surface area contributed by atoms with E-state index in [1.54, 1.807) is 6.07 Å². The Morgan fingerprint density at radius 1 is 1.47 bits per heavy atom. The molecule has 0 aromatic carbocycles. The van der Waals surface area contributed by atoms with Crippen LogP contribution in [-0.2, 0) is 6.42 Å². The monoisotopic (exact) mass is 234 g/mol. The van der Waals surface area contributed by atoms with Crippen LogP contribution in [0.15, 0.2) is 29.2 Å². The number of carboxylic acid groups (broad SMARTS) is 1. The van der Waals surface area contributed by atoms with Gasteiger partial charge in [0.05, 0.1) is 0 Å². The maximum atomic E-state index is 10.7. The highest BCUT2D eigenvalue weighted by molar-refractivity contribution is 5.86. The molecule has 0 aliphatic carbocycles. The number of rotatable bonds is 5. The highest BCUT2D eigenvalue weighted by Crippen LogP contribution is 2.08. The van der Waals surface area contributed by atoms with Crippen molar-refractivity contribution in [2.75, 3.05) is 11.9 Å². The Labute approximate surface area is 96.5 Å². The van der Waals surface area contributed by atoms with E-state index in [9.17, 15) is 4.79 Å². The fourth-order valence-corrected chi connectivity index (χ4v) is 1.28. The van der Waals surface area contributed by atoms with E-state index >= 15 is 0 Å². The molecule has 0 atom stereocenters. The van der Waals surface area contributed by atoms with Gasteiger partial charge in [-0.1, -0.05) is 5.16 Å². The minimum Gasteiger partial charge on any atom is -0.477 e. The molecule has 2 N–H and O–H groups in total. The summed E-state index contributed by atoms with van der Waals surface area (Å²) < 4.78 is 4.83. The smallest absolute Gasteiger partial charge is 0.354 e. The molecule has 88 valence electrons. The molecule has 0 amide bonds. The molecule has 0 unspecified atom stereocenters. The highest BCUT2D eigenvalue weighted by atomic mass is 16.5. The largest absolute Gasteiger partial charge is 0.477 e. The normalized spacial score (nSPS) is 10.1. The number of nitrogens with one attached hydrogen (secondary N) is 1. The van der Waals surface area contributed by atoms with Gasteiger partial charge < -0.3 is 14.9 Å². The van der Waals surface area contributed by atoms with Crippen molar-refractivity contribution in [1.82, 2.24) is 15.1 Å². The summed E-state index contributed by atoms with van der Waals surface area (Å²) >= 11 is 0. The second-order valence-corrected chi connectivity index (χ2v) is 3.25. The Morgan fingerprint density at radius 3 is 3.06 bits per heavy atom. The number of aromatic nitrogens is 3. The van der Waals surface area contributed by atoms with E-state index in [0.29, 0.717) is 24.5 Å². The van der Waals surface area contributed by atoms with Crippen LogP contribution < -0.4 is 5.32 Å². The summed E-state index contributed by atoms with van der Waals surface area (Å²) in [7, 11) is 0. The van der Waals surface area contributed by atoms with Crippen LogP contribution in [0.2, 0.25) is 0 Å². The number of aromatic carboxylic acids is 1. The van der Waals surface area contributed by atoms with E-state index in [4.69, 9.17) is 9.63 Å². The van der Waals surface area contributed by atoms with Crippen LogP contribution in [0.1, 0.15) is 16.4 Å². The van der Waals surface area contributed by atoms with Crippen molar-refractivity contribution in [3.63, 3.8) is 0 Å². The van der Waals surface area contributed by atoms with Crippen LogP contribution in [0, 0.1) is 0 Å². The fourth-order valence-electron chi connectivity index (χ4n) is 1.28. The first kappa shape index (κ1) is 11.1. The fraction of sp³-hybridized carbons (Fsp3) is 0.200. The number of pyridine rings is 1. The first-order chi connectivity index (χ1) is 8.25. The molecule has 0 radical (unpaired) electrons. The van der Waals surface area contributed by atoms with Gasteiger partial charge in [-0.15, -0.1) is 0 Å². The predicted octanol–water partition coefficient (Wildman–Crippen LogP) is 0.817. The summed E-state index contributed by atoms with van der Waals surface area (Å²) in [4.78, 5) is 18.3.